The molecule has 0 spiro atoms. The van der Waals surface area contributed by atoms with Crippen molar-refractivity contribution in [1.82, 2.24) is 4.98 Å². The fraction of sp³-hybridized carbons (Fsp3) is 0.400. The van der Waals surface area contributed by atoms with Crippen LogP contribution in [0.3, 0.4) is 0 Å². The van der Waals surface area contributed by atoms with Gasteiger partial charge in [-0.3, -0.25) is 10.1 Å². The Labute approximate surface area is 96.8 Å². The fourth-order valence-corrected chi connectivity index (χ4v) is 1.88. The molecule has 90 valence electrons. The topological polar surface area (TPSA) is 96.6 Å². The van der Waals surface area contributed by atoms with Crippen molar-refractivity contribution in [3.05, 3.63) is 27.9 Å². The molecular formula is C10H11N3O4. The lowest BCUT2D eigenvalue weighted by atomic mass is 10.2. The van der Waals surface area contributed by atoms with Crippen LogP contribution in [0.1, 0.15) is 23.2 Å². The van der Waals surface area contributed by atoms with Crippen molar-refractivity contribution in [3.63, 3.8) is 0 Å². The molecular weight excluding hydrogens is 226 g/mol. The van der Waals surface area contributed by atoms with Gasteiger partial charge in [0.15, 0.2) is 0 Å². The Morgan fingerprint density at radius 3 is 2.65 bits per heavy atom. The van der Waals surface area contributed by atoms with Gasteiger partial charge in [0.25, 0.3) is 5.69 Å². The molecule has 0 saturated carbocycles. The summed E-state index contributed by atoms with van der Waals surface area (Å²) >= 11 is 0. The summed E-state index contributed by atoms with van der Waals surface area (Å²) in [4.78, 5) is 26.7. The third-order valence-corrected chi connectivity index (χ3v) is 2.70. The number of carboxylic acids is 1. The normalized spacial score (nSPS) is 14.9. The van der Waals surface area contributed by atoms with Gasteiger partial charge in [0, 0.05) is 19.2 Å². The van der Waals surface area contributed by atoms with Crippen LogP contribution in [-0.4, -0.2) is 34.1 Å². The highest BCUT2D eigenvalue weighted by Gasteiger charge is 2.23. The van der Waals surface area contributed by atoms with Gasteiger partial charge < -0.3 is 10.0 Å². The van der Waals surface area contributed by atoms with Crippen LogP contribution in [0.2, 0.25) is 0 Å². The molecule has 7 heteroatoms. The lowest BCUT2D eigenvalue weighted by Crippen LogP contribution is -2.22. The highest BCUT2D eigenvalue weighted by molar-refractivity contribution is 5.94. The van der Waals surface area contributed by atoms with Gasteiger partial charge in [-0.1, -0.05) is 0 Å². The van der Waals surface area contributed by atoms with Gasteiger partial charge in [0.05, 0.1) is 4.92 Å². The first-order valence-electron chi connectivity index (χ1n) is 5.22. The molecule has 0 amide bonds. The fourth-order valence-electron chi connectivity index (χ4n) is 1.88. The van der Waals surface area contributed by atoms with Gasteiger partial charge in [0.1, 0.15) is 17.6 Å². The van der Waals surface area contributed by atoms with E-state index in [9.17, 15) is 14.9 Å². The standard InChI is InChI=1S/C10H11N3O4/c14-10(15)8-5-7(13(16)17)6-11-9(8)12-3-1-2-4-12/h5-6H,1-4H2,(H,14,15). The van der Waals surface area contributed by atoms with Crippen LogP contribution in [0.25, 0.3) is 0 Å². The van der Waals surface area contributed by atoms with Crippen LogP contribution in [0, 0.1) is 10.1 Å². The van der Waals surface area contributed by atoms with E-state index in [4.69, 9.17) is 5.11 Å². The molecule has 0 aliphatic carbocycles. The highest BCUT2D eigenvalue weighted by Crippen LogP contribution is 2.25. The van der Waals surface area contributed by atoms with E-state index in [-0.39, 0.29) is 11.3 Å². The number of carboxylic acid groups (broad SMARTS) is 1. The lowest BCUT2D eigenvalue weighted by molar-refractivity contribution is -0.385. The predicted molar refractivity (Wildman–Crippen MR) is 59.3 cm³/mol. The first-order valence-corrected chi connectivity index (χ1v) is 5.22. The molecule has 1 saturated heterocycles. The molecule has 1 aliphatic rings. The minimum absolute atomic E-state index is 0.110. The molecule has 2 rings (SSSR count). The molecule has 17 heavy (non-hydrogen) atoms. The van der Waals surface area contributed by atoms with Gasteiger partial charge in [-0.25, -0.2) is 9.78 Å². The van der Waals surface area contributed by atoms with Crippen LogP contribution in [0.4, 0.5) is 11.5 Å². The Morgan fingerprint density at radius 1 is 1.47 bits per heavy atom. The number of aromatic carboxylic acids is 1. The van der Waals surface area contributed by atoms with Crippen LogP contribution in [0.15, 0.2) is 12.3 Å². The van der Waals surface area contributed by atoms with Crippen molar-refractivity contribution in [1.29, 1.82) is 0 Å². The molecule has 0 atom stereocenters. The van der Waals surface area contributed by atoms with E-state index in [0.717, 1.165) is 38.2 Å². The zero-order valence-corrected chi connectivity index (χ0v) is 9.00. The number of carbonyl (C=O) groups is 1. The number of pyridine rings is 1. The van der Waals surface area contributed by atoms with Gasteiger partial charge in [-0.05, 0) is 12.8 Å². The third-order valence-electron chi connectivity index (χ3n) is 2.70. The highest BCUT2D eigenvalue weighted by atomic mass is 16.6. The zero-order valence-electron chi connectivity index (χ0n) is 9.00. The van der Waals surface area contributed by atoms with E-state index in [0.29, 0.717) is 5.82 Å². The summed E-state index contributed by atoms with van der Waals surface area (Å²) in [7, 11) is 0. The van der Waals surface area contributed by atoms with Crippen molar-refractivity contribution < 1.29 is 14.8 Å². The van der Waals surface area contributed by atoms with E-state index in [1.165, 1.54) is 0 Å². The van der Waals surface area contributed by atoms with E-state index in [1.807, 2.05) is 4.90 Å². The lowest BCUT2D eigenvalue weighted by Gasteiger charge is -2.17. The Morgan fingerprint density at radius 2 is 2.12 bits per heavy atom. The van der Waals surface area contributed by atoms with E-state index in [2.05, 4.69) is 4.98 Å². The van der Waals surface area contributed by atoms with Crippen LogP contribution in [0.5, 0.6) is 0 Å². The molecule has 2 heterocycles. The molecule has 1 aromatic heterocycles. The summed E-state index contributed by atoms with van der Waals surface area (Å²) in [5, 5.41) is 19.6. The van der Waals surface area contributed by atoms with E-state index in [1.54, 1.807) is 0 Å². The molecule has 0 bridgehead atoms. The van der Waals surface area contributed by atoms with Crippen LogP contribution >= 0.6 is 0 Å². The number of nitro groups is 1. The Bertz CT molecular complexity index is 469. The van der Waals surface area contributed by atoms with Gasteiger partial charge in [-0.15, -0.1) is 0 Å². The molecule has 1 N–H and O–H groups in total. The number of anilines is 1. The minimum Gasteiger partial charge on any atom is -0.478 e. The second-order valence-corrected chi connectivity index (χ2v) is 3.82. The number of hydrogen-bond donors (Lipinski definition) is 1. The summed E-state index contributed by atoms with van der Waals surface area (Å²) in [6.07, 6.45) is 3.07. The number of nitrogens with zero attached hydrogens (tertiary/aromatic N) is 3. The SMILES string of the molecule is O=C(O)c1cc([N+](=O)[O-])cnc1N1CCCC1. The monoisotopic (exact) mass is 237 g/mol. The van der Waals surface area contributed by atoms with Crippen molar-refractivity contribution in [2.24, 2.45) is 0 Å². The molecule has 1 aromatic rings. The smallest absolute Gasteiger partial charge is 0.339 e. The molecule has 0 radical (unpaired) electrons. The van der Waals surface area contributed by atoms with Crippen molar-refractivity contribution in [3.8, 4) is 0 Å². The van der Waals surface area contributed by atoms with Crippen molar-refractivity contribution >= 4 is 17.5 Å². The third kappa shape index (κ3) is 2.17. The zero-order chi connectivity index (χ0) is 12.4. The molecule has 1 aliphatic heterocycles. The number of aromatic nitrogens is 1. The molecule has 1 fully saturated rings. The first kappa shape index (κ1) is 11.3. The summed E-state index contributed by atoms with van der Waals surface area (Å²) in [5.41, 5.74) is -0.411. The maximum Gasteiger partial charge on any atom is 0.339 e. The van der Waals surface area contributed by atoms with Gasteiger partial charge in [0.2, 0.25) is 0 Å². The average Bonchev–Trinajstić information content (AvgIpc) is 2.81. The average molecular weight is 237 g/mol. The van der Waals surface area contributed by atoms with Gasteiger partial charge in [-0.2, -0.15) is 0 Å². The Balaban J connectivity index is 2.44. The maximum absolute atomic E-state index is 11.1. The summed E-state index contributed by atoms with van der Waals surface area (Å²) in [6.45, 7) is 1.48. The summed E-state index contributed by atoms with van der Waals surface area (Å²) in [6, 6.07) is 1.06. The first-order chi connectivity index (χ1) is 8.09. The van der Waals surface area contributed by atoms with Crippen molar-refractivity contribution in [2.75, 3.05) is 18.0 Å². The van der Waals surface area contributed by atoms with E-state index >= 15 is 0 Å². The second-order valence-electron chi connectivity index (χ2n) is 3.82. The minimum atomic E-state index is -1.19. The molecule has 7 nitrogen and oxygen atoms in total. The Kier molecular flexibility index (Phi) is 2.90. The number of hydrogen-bond acceptors (Lipinski definition) is 5. The Hall–Kier alpha value is -2.18. The predicted octanol–water partition coefficient (Wildman–Crippen LogP) is 1.29. The molecule has 0 unspecified atom stereocenters. The molecule has 0 aromatic carbocycles. The van der Waals surface area contributed by atoms with E-state index < -0.39 is 10.9 Å². The van der Waals surface area contributed by atoms with Crippen LogP contribution < -0.4 is 4.90 Å². The number of rotatable bonds is 3. The summed E-state index contributed by atoms with van der Waals surface area (Å²) in [5.74, 6) is -0.872. The maximum atomic E-state index is 11.1. The van der Waals surface area contributed by atoms with Crippen LogP contribution in [-0.2, 0) is 0 Å². The van der Waals surface area contributed by atoms with Crippen molar-refractivity contribution in [2.45, 2.75) is 12.8 Å². The summed E-state index contributed by atoms with van der Waals surface area (Å²) < 4.78 is 0. The quantitative estimate of drug-likeness (QED) is 0.628. The largest absolute Gasteiger partial charge is 0.478 e. The van der Waals surface area contributed by atoms with Gasteiger partial charge >= 0.3 is 5.97 Å². The second kappa shape index (κ2) is 4.36.